The Morgan fingerprint density at radius 2 is 1.41 bits per heavy atom. The van der Waals surface area contributed by atoms with E-state index in [1.54, 1.807) is 26.0 Å². The fraction of sp³-hybridized carbons (Fsp3) is 0.333. The molecule has 5 rings (SSSR count). The maximum Gasteiger partial charge on any atom is 0.336 e. The van der Waals surface area contributed by atoms with E-state index in [1.165, 1.54) is 30.2 Å². The number of halogens is 1. The van der Waals surface area contributed by atoms with E-state index in [4.69, 9.17) is 4.74 Å². The summed E-state index contributed by atoms with van der Waals surface area (Å²) in [5, 5.41) is 14.4. The number of likely N-dealkylation sites (tertiary alicyclic amines) is 1. The van der Waals surface area contributed by atoms with Crippen molar-refractivity contribution in [2.45, 2.75) is 51.4 Å². The Labute approximate surface area is 276 Å². The number of rotatable bonds is 10. The Morgan fingerprint density at radius 1 is 0.891 bits per heavy atom. The molecule has 3 aromatic carbocycles. The van der Waals surface area contributed by atoms with Gasteiger partial charge in [-0.2, -0.15) is 0 Å². The van der Waals surface area contributed by atoms with Gasteiger partial charge in [-0.3, -0.25) is 14.9 Å². The van der Waals surface area contributed by atoms with Gasteiger partial charge in [0, 0.05) is 47.0 Å². The zero-order chi connectivity index (χ0) is 31.3. The van der Waals surface area contributed by atoms with E-state index in [0.717, 1.165) is 32.5 Å². The van der Waals surface area contributed by atoms with E-state index in [0.29, 0.717) is 34.5 Å². The Bertz CT molecular complexity index is 1540. The molecule has 46 heavy (non-hydrogen) atoms. The second-order valence-corrected chi connectivity index (χ2v) is 11.7. The van der Waals surface area contributed by atoms with E-state index in [2.05, 4.69) is 70.9 Å². The van der Waals surface area contributed by atoms with Crippen LogP contribution in [0.2, 0.25) is 0 Å². The fourth-order valence-corrected chi connectivity index (χ4v) is 6.80. The van der Waals surface area contributed by atoms with E-state index in [-0.39, 0.29) is 41.4 Å². The van der Waals surface area contributed by atoms with E-state index in [1.807, 2.05) is 0 Å². The first-order chi connectivity index (χ1) is 21.2. The minimum Gasteiger partial charge on any atom is -0.462 e. The molecular formula is C36H42ClN3O6. The standard InChI is InChI=1S/C36H39N3O5.ClH.H2O/c1-25-32(27(3)40)34(28-15-17-31(18-16-28)39(42)43)33(26(2)37-25)35(41)44-24-10-21-38-22-19-36(20-23-38,29-11-6-4-7-12-29)30-13-8-5-9-14-30;;/h4-9,11-18,34,37H,10,19-24H2,1-3H3;1H;1H2. The predicted molar refractivity (Wildman–Crippen MR) is 181 cm³/mol. The number of hydrogen-bond acceptors (Lipinski definition) is 7. The number of nitrogens with zero attached hydrogens (tertiary/aromatic N) is 2. The van der Waals surface area contributed by atoms with Gasteiger partial charge in [-0.05, 0) is 69.8 Å². The highest BCUT2D eigenvalue weighted by Crippen LogP contribution is 2.42. The highest BCUT2D eigenvalue weighted by Gasteiger charge is 2.38. The molecule has 3 N–H and O–H groups in total. The molecule has 0 aliphatic carbocycles. The van der Waals surface area contributed by atoms with Crippen LogP contribution in [0.25, 0.3) is 0 Å². The number of hydrogen-bond donors (Lipinski definition) is 1. The molecule has 1 unspecified atom stereocenters. The summed E-state index contributed by atoms with van der Waals surface area (Å²) in [6.07, 6.45) is 2.70. The molecule has 0 spiro atoms. The minimum atomic E-state index is -0.673. The Kier molecular flexibility index (Phi) is 12.4. The minimum absolute atomic E-state index is 0. The number of allylic oxidation sites excluding steroid dienone is 3. The molecule has 0 aromatic heterocycles. The number of non-ortho nitro benzene ring substituents is 1. The summed E-state index contributed by atoms with van der Waals surface area (Å²) in [7, 11) is 0. The van der Waals surface area contributed by atoms with Crippen molar-refractivity contribution in [2.75, 3.05) is 26.2 Å². The van der Waals surface area contributed by atoms with Gasteiger partial charge in [0.2, 0.25) is 0 Å². The number of benzene rings is 3. The Balaban J connectivity index is 0.00000288. The number of Topliss-reactive ketones (excluding diaryl/α,β-unsaturated/α-hetero) is 1. The molecule has 2 heterocycles. The molecule has 1 saturated heterocycles. The van der Waals surface area contributed by atoms with Crippen LogP contribution in [-0.4, -0.2) is 53.3 Å². The lowest BCUT2D eigenvalue weighted by Gasteiger charge is -2.43. The van der Waals surface area contributed by atoms with Crippen LogP contribution in [0.15, 0.2) is 107 Å². The van der Waals surface area contributed by atoms with Gasteiger partial charge >= 0.3 is 5.97 Å². The second-order valence-electron chi connectivity index (χ2n) is 11.7. The smallest absolute Gasteiger partial charge is 0.336 e. The summed E-state index contributed by atoms with van der Waals surface area (Å²) >= 11 is 0. The van der Waals surface area contributed by atoms with Gasteiger partial charge in [0.15, 0.2) is 5.78 Å². The Morgan fingerprint density at radius 3 is 1.91 bits per heavy atom. The lowest BCUT2D eigenvalue weighted by Crippen LogP contribution is -2.43. The van der Waals surface area contributed by atoms with Crippen LogP contribution in [0.1, 0.15) is 62.6 Å². The predicted octanol–water partition coefficient (Wildman–Crippen LogP) is 6.03. The lowest BCUT2D eigenvalue weighted by molar-refractivity contribution is -0.384. The van der Waals surface area contributed by atoms with Crippen LogP contribution < -0.4 is 5.32 Å². The number of ketones is 1. The first-order valence-electron chi connectivity index (χ1n) is 15.2. The van der Waals surface area contributed by atoms with Crippen molar-refractivity contribution in [1.29, 1.82) is 0 Å². The number of ether oxygens (including phenoxy) is 1. The summed E-state index contributed by atoms with van der Waals surface area (Å²) in [5.74, 6) is -1.34. The summed E-state index contributed by atoms with van der Waals surface area (Å²) in [6.45, 7) is 8.00. The molecule has 0 amide bonds. The number of nitro groups is 1. The van der Waals surface area contributed by atoms with Gasteiger partial charge in [0.05, 0.1) is 17.1 Å². The van der Waals surface area contributed by atoms with Crippen LogP contribution in [0.3, 0.4) is 0 Å². The normalized spacial score (nSPS) is 17.7. The average molecular weight is 648 g/mol. The van der Waals surface area contributed by atoms with Crippen molar-refractivity contribution < 1.29 is 24.7 Å². The van der Waals surface area contributed by atoms with Gasteiger partial charge < -0.3 is 20.4 Å². The number of carbonyl (C=O) groups excluding carboxylic acids is 2. The maximum absolute atomic E-state index is 13.5. The first-order valence-corrected chi connectivity index (χ1v) is 15.2. The second kappa shape index (κ2) is 15.8. The van der Waals surface area contributed by atoms with Crippen LogP contribution in [0.5, 0.6) is 0 Å². The van der Waals surface area contributed by atoms with Gasteiger partial charge in [-0.15, -0.1) is 12.4 Å². The molecule has 2 aliphatic rings. The molecule has 1 fully saturated rings. The topological polar surface area (TPSA) is 133 Å². The van der Waals surface area contributed by atoms with Crippen molar-refractivity contribution in [2.24, 2.45) is 0 Å². The number of dihydropyridines is 1. The summed E-state index contributed by atoms with van der Waals surface area (Å²) in [6, 6.07) is 27.5. The van der Waals surface area contributed by atoms with E-state index >= 15 is 0 Å². The molecule has 3 aromatic rings. The Hall–Kier alpha value is -4.31. The number of carbonyl (C=O) groups is 2. The van der Waals surface area contributed by atoms with Gasteiger partial charge in [0.1, 0.15) is 0 Å². The molecule has 0 saturated carbocycles. The molecule has 10 heteroatoms. The third-order valence-corrected chi connectivity index (χ3v) is 9.01. The van der Waals surface area contributed by atoms with Crippen LogP contribution in [0.4, 0.5) is 5.69 Å². The summed E-state index contributed by atoms with van der Waals surface area (Å²) in [5.41, 5.74) is 5.31. The fourth-order valence-electron chi connectivity index (χ4n) is 6.80. The van der Waals surface area contributed by atoms with Crippen molar-refractivity contribution in [1.82, 2.24) is 10.2 Å². The molecular weight excluding hydrogens is 606 g/mol. The summed E-state index contributed by atoms with van der Waals surface area (Å²) in [4.78, 5) is 39.4. The first kappa shape index (κ1) is 36.2. The molecule has 0 radical (unpaired) electrons. The van der Waals surface area contributed by atoms with Crippen molar-refractivity contribution in [3.05, 3.63) is 134 Å². The maximum atomic E-state index is 13.5. The van der Waals surface area contributed by atoms with Crippen molar-refractivity contribution in [3.8, 4) is 0 Å². The quantitative estimate of drug-likeness (QED) is 0.123. The third kappa shape index (κ3) is 7.55. The highest BCUT2D eigenvalue weighted by molar-refractivity contribution is 6.02. The van der Waals surface area contributed by atoms with E-state index in [9.17, 15) is 19.7 Å². The third-order valence-electron chi connectivity index (χ3n) is 9.01. The molecule has 0 bridgehead atoms. The van der Waals surface area contributed by atoms with Crippen LogP contribution >= 0.6 is 12.4 Å². The number of esters is 1. The molecule has 9 nitrogen and oxygen atoms in total. The number of piperidine rings is 1. The monoisotopic (exact) mass is 647 g/mol. The average Bonchev–Trinajstić information content (AvgIpc) is 3.03. The molecule has 244 valence electrons. The molecule has 2 aliphatic heterocycles. The zero-order valence-electron chi connectivity index (χ0n) is 26.5. The summed E-state index contributed by atoms with van der Waals surface area (Å²) < 4.78 is 5.79. The highest BCUT2D eigenvalue weighted by atomic mass is 35.5. The largest absolute Gasteiger partial charge is 0.462 e. The number of nitro benzene ring substituents is 1. The van der Waals surface area contributed by atoms with Gasteiger partial charge in [-0.25, -0.2) is 4.79 Å². The van der Waals surface area contributed by atoms with Crippen molar-refractivity contribution in [3.63, 3.8) is 0 Å². The van der Waals surface area contributed by atoms with Gasteiger partial charge in [-0.1, -0.05) is 72.8 Å². The van der Waals surface area contributed by atoms with E-state index < -0.39 is 16.8 Å². The SMILES string of the molecule is CC(=O)C1=C(C)NC(C)=C(C(=O)OCCCN2CCC(c3ccccc3)(c3ccccc3)CC2)C1c1ccc([N+](=O)[O-])cc1.Cl.O. The zero-order valence-corrected chi connectivity index (χ0v) is 27.3. The number of nitrogens with one attached hydrogen (secondary N) is 1. The lowest BCUT2D eigenvalue weighted by atomic mass is 9.68. The van der Waals surface area contributed by atoms with Crippen molar-refractivity contribution >= 4 is 29.8 Å². The molecule has 1 atom stereocenters. The van der Waals surface area contributed by atoms with Gasteiger partial charge in [0.25, 0.3) is 5.69 Å². The van der Waals surface area contributed by atoms with Crippen LogP contribution in [0, 0.1) is 10.1 Å². The van der Waals surface area contributed by atoms with Crippen LogP contribution in [-0.2, 0) is 19.7 Å².